The molecule has 0 bridgehead atoms. The summed E-state index contributed by atoms with van der Waals surface area (Å²) in [4.78, 5) is 14.0. The second kappa shape index (κ2) is 4.61. The Labute approximate surface area is 93.1 Å². The van der Waals surface area contributed by atoms with Crippen molar-refractivity contribution in [2.24, 2.45) is 10.7 Å². The minimum Gasteiger partial charge on any atom is -0.393 e. The topological polar surface area (TPSA) is 108 Å². The maximum atomic E-state index is 10.7. The SMILES string of the molecule is CCc1ccc([N+](=O)[O-])c(N)c1C(N)=NC. The summed E-state index contributed by atoms with van der Waals surface area (Å²) in [7, 11) is 1.52. The summed E-state index contributed by atoms with van der Waals surface area (Å²) in [6.07, 6.45) is 0.688. The van der Waals surface area contributed by atoms with Gasteiger partial charge in [0.25, 0.3) is 5.69 Å². The second-order valence-electron chi connectivity index (χ2n) is 3.25. The van der Waals surface area contributed by atoms with Gasteiger partial charge in [-0.3, -0.25) is 15.1 Å². The van der Waals surface area contributed by atoms with Crippen LogP contribution >= 0.6 is 0 Å². The zero-order chi connectivity index (χ0) is 12.3. The highest BCUT2D eigenvalue weighted by Crippen LogP contribution is 2.28. The standard InChI is InChI=1S/C10H14N4O2/c1-3-6-4-5-7(14(15)16)9(11)8(6)10(12)13-2/h4-5H,3,11H2,1-2H3,(H2,12,13). The van der Waals surface area contributed by atoms with E-state index < -0.39 is 4.92 Å². The third-order valence-electron chi connectivity index (χ3n) is 2.38. The monoisotopic (exact) mass is 222 g/mol. The van der Waals surface area contributed by atoms with Gasteiger partial charge in [-0.25, -0.2) is 0 Å². The number of anilines is 1. The number of nitrogens with zero attached hydrogens (tertiary/aromatic N) is 2. The average Bonchev–Trinajstić information content (AvgIpc) is 2.26. The molecule has 1 aromatic carbocycles. The third kappa shape index (κ3) is 1.95. The summed E-state index contributed by atoms with van der Waals surface area (Å²) in [6.45, 7) is 1.92. The first-order chi connectivity index (χ1) is 7.52. The van der Waals surface area contributed by atoms with E-state index >= 15 is 0 Å². The van der Waals surface area contributed by atoms with Gasteiger partial charge >= 0.3 is 0 Å². The Kier molecular flexibility index (Phi) is 3.44. The van der Waals surface area contributed by atoms with E-state index in [2.05, 4.69) is 4.99 Å². The van der Waals surface area contributed by atoms with E-state index in [9.17, 15) is 10.1 Å². The summed E-state index contributed by atoms with van der Waals surface area (Å²) in [5.41, 5.74) is 12.7. The number of nitrogens with two attached hydrogens (primary N) is 2. The number of amidine groups is 1. The van der Waals surface area contributed by atoms with Crippen molar-refractivity contribution in [1.82, 2.24) is 0 Å². The number of hydrogen-bond acceptors (Lipinski definition) is 4. The molecule has 1 aromatic rings. The van der Waals surface area contributed by atoms with Crippen LogP contribution in [0.1, 0.15) is 18.1 Å². The number of aryl methyl sites for hydroxylation is 1. The lowest BCUT2D eigenvalue weighted by Crippen LogP contribution is -2.18. The van der Waals surface area contributed by atoms with E-state index in [1.807, 2.05) is 6.92 Å². The number of nitro groups is 1. The van der Waals surface area contributed by atoms with E-state index in [0.717, 1.165) is 5.56 Å². The van der Waals surface area contributed by atoms with Crippen molar-refractivity contribution in [3.05, 3.63) is 33.4 Å². The first-order valence-electron chi connectivity index (χ1n) is 4.81. The van der Waals surface area contributed by atoms with Gasteiger partial charge in [0.15, 0.2) is 0 Å². The molecule has 0 unspecified atom stereocenters. The molecule has 0 aliphatic heterocycles. The molecule has 0 radical (unpaired) electrons. The van der Waals surface area contributed by atoms with Crippen LogP contribution in [0.25, 0.3) is 0 Å². The van der Waals surface area contributed by atoms with E-state index in [0.29, 0.717) is 12.0 Å². The molecule has 1 rings (SSSR count). The fraction of sp³-hybridized carbons (Fsp3) is 0.300. The highest BCUT2D eigenvalue weighted by Gasteiger charge is 2.19. The molecule has 0 spiro atoms. The normalized spacial score (nSPS) is 11.5. The lowest BCUT2D eigenvalue weighted by Gasteiger charge is -2.10. The lowest BCUT2D eigenvalue weighted by atomic mass is 10.0. The van der Waals surface area contributed by atoms with Gasteiger partial charge in [-0.2, -0.15) is 0 Å². The van der Waals surface area contributed by atoms with Crippen molar-refractivity contribution >= 4 is 17.2 Å². The molecule has 0 atom stereocenters. The Morgan fingerprint density at radius 2 is 2.19 bits per heavy atom. The van der Waals surface area contributed by atoms with Gasteiger partial charge in [-0.1, -0.05) is 13.0 Å². The van der Waals surface area contributed by atoms with Gasteiger partial charge in [0.1, 0.15) is 11.5 Å². The Balaban J connectivity index is 3.53. The van der Waals surface area contributed by atoms with Gasteiger partial charge in [-0.05, 0) is 12.0 Å². The summed E-state index contributed by atoms with van der Waals surface area (Å²) in [6, 6.07) is 3.04. The molecule has 0 aromatic heterocycles. The number of nitrogen functional groups attached to an aromatic ring is 1. The van der Waals surface area contributed by atoms with E-state index in [1.165, 1.54) is 13.1 Å². The predicted octanol–water partition coefficient (Wildman–Crippen LogP) is 1.07. The fourth-order valence-electron chi connectivity index (χ4n) is 1.52. The van der Waals surface area contributed by atoms with Gasteiger partial charge in [0.2, 0.25) is 0 Å². The Hall–Kier alpha value is -2.11. The third-order valence-corrected chi connectivity index (χ3v) is 2.38. The average molecular weight is 222 g/mol. The van der Waals surface area contributed by atoms with E-state index in [-0.39, 0.29) is 17.2 Å². The summed E-state index contributed by atoms with van der Waals surface area (Å²) in [5.74, 6) is 0.220. The zero-order valence-corrected chi connectivity index (χ0v) is 9.23. The van der Waals surface area contributed by atoms with Gasteiger partial charge in [0, 0.05) is 18.7 Å². The Morgan fingerprint density at radius 1 is 1.56 bits per heavy atom. The number of aliphatic imine (C=N–C) groups is 1. The number of rotatable bonds is 3. The highest BCUT2D eigenvalue weighted by molar-refractivity contribution is 6.05. The van der Waals surface area contributed by atoms with Crippen LogP contribution in [0.2, 0.25) is 0 Å². The molecular weight excluding hydrogens is 208 g/mol. The van der Waals surface area contributed by atoms with Crippen LogP contribution in [-0.2, 0) is 6.42 Å². The van der Waals surface area contributed by atoms with Crippen LogP contribution < -0.4 is 11.5 Å². The molecule has 0 fully saturated rings. The molecule has 4 N–H and O–H groups in total. The quantitative estimate of drug-likeness (QED) is 0.262. The van der Waals surface area contributed by atoms with Gasteiger partial charge in [0.05, 0.1) is 4.92 Å². The number of nitro benzene ring substituents is 1. The van der Waals surface area contributed by atoms with Crippen molar-refractivity contribution in [2.75, 3.05) is 12.8 Å². The molecule has 0 aliphatic carbocycles. The van der Waals surface area contributed by atoms with Crippen molar-refractivity contribution in [3.63, 3.8) is 0 Å². The van der Waals surface area contributed by atoms with Gasteiger partial charge < -0.3 is 11.5 Å². The minimum atomic E-state index is -0.527. The number of benzene rings is 1. The smallest absolute Gasteiger partial charge is 0.292 e. The van der Waals surface area contributed by atoms with E-state index in [4.69, 9.17) is 11.5 Å². The van der Waals surface area contributed by atoms with Crippen LogP contribution in [0.15, 0.2) is 17.1 Å². The van der Waals surface area contributed by atoms with Crippen LogP contribution in [-0.4, -0.2) is 17.8 Å². The maximum absolute atomic E-state index is 10.7. The Bertz CT molecular complexity index is 454. The van der Waals surface area contributed by atoms with Gasteiger partial charge in [-0.15, -0.1) is 0 Å². The van der Waals surface area contributed by atoms with Crippen molar-refractivity contribution in [2.45, 2.75) is 13.3 Å². The molecule has 6 nitrogen and oxygen atoms in total. The maximum Gasteiger partial charge on any atom is 0.292 e. The zero-order valence-electron chi connectivity index (χ0n) is 9.23. The first kappa shape index (κ1) is 12.0. The first-order valence-corrected chi connectivity index (χ1v) is 4.81. The Morgan fingerprint density at radius 3 is 2.62 bits per heavy atom. The van der Waals surface area contributed by atoms with Crippen LogP contribution in [0.5, 0.6) is 0 Å². The molecule has 0 aliphatic rings. The molecule has 0 saturated carbocycles. The summed E-state index contributed by atoms with van der Waals surface area (Å²) >= 11 is 0. The molecule has 16 heavy (non-hydrogen) atoms. The summed E-state index contributed by atoms with van der Waals surface area (Å²) < 4.78 is 0. The fourth-order valence-corrected chi connectivity index (χ4v) is 1.52. The largest absolute Gasteiger partial charge is 0.393 e. The van der Waals surface area contributed by atoms with Crippen molar-refractivity contribution in [1.29, 1.82) is 0 Å². The van der Waals surface area contributed by atoms with Crippen molar-refractivity contribution < 1.29 is 4.92 Å². The lowest BCUT2D eigenvalue weighted by molar-refractivity contribution is -0.383. The minimum absolute atomic E-state index is 0.0763. The molecule has 0 heterocycles. The number of hydrogen-bond donors (Lipinski definition) is 2. The molecule has 6 heteroatoms. The molecule has 86 valence electrons. The van der Waals surface area contributed by atoms with Crippen molar-refractivity contribution in [3.8, 4) is 0 Å². The highest BCUT2D eigenvalue weighted by atomic mass is 16.6. The van der Waals surface area contributed by atoms with E-state index in [1.54, 1.807) is 6.07 Å². The predicted molar refractivity (Wildman–Crippen MR) is 63.5 cm³/mol. The second-order valence-corrected chi connectivity index (χ2v) is 3.25. The molecule has 0 amide bonds. The van der Waals surface area contributed by atoms with Crippen LogP contribution in [0, 0.1) is 10.1 Å². The molecular formula is C10H14N4O2. The van der Waals surface area contributed by atoms with Crippen LogP contribution in [0.4, 0.5) is 11.4 Å². The summed E-state index contributed by atoms with van der Waals surface area (Å²) in [5, 5.41) is 10.7. The molecule has 0 saturated heterocycles. The van der Waals surface area contributed by atoms with Crippen LogP contribution in [0.3, 0.4) is 0 Å².